The number of carbonyl (C=O) groups is 1. The van der Waals surface area contributed by atoms with Crippen LogP contribution in [0.3, 0.4) is 0 Å². The van der Waals surface area contributed by atoms with Crippen LogP contribution in [0, 0.1) is 5.92 Å². The van der Waals surface area contributed by atoms with Crippen LogP contribution in [0.2, 0.25) is 0 Å². The molecule has 6 heteroatoms. The van der Waals surface area contributed by atoms with Gasteiger partial charge in [-0.25, -0.2) is 4.79 Å². The van der Waals surface area contributed by atoms with E-state index in [4.69, 9.17) is 14.2 Å². The van der Waals surface area contributed by atoms with Crippen LogP contribution < -0.4 is 0 Å². The van der Waals surface area contributed by atoms with Crippen molar-refractivity contribution in [3.63, 3.8) is 0 Å². The van der Waals surface area contributed by atoms with Crippen molar-refractivity contribution in [2.45, 2.75) is 58.7 Å². The Balaban J connectivity index is 2.57. The minimum absolute atomic E-state index is 0.272. The normalized spacial score (nSPS) is 19.2. The summed E-state index contributed by atoms with van der Waals surface area (Å²) < 4.78 is 17.9. The first kappa shape index (κ1) is 21.0. The van der Waals surface area contributed by atoms with E-state index < -0.39 is 5.60 Å². The fraction of sp³-hybridized carbons (Fsp3) is 0.941. The van der Waals surface area contributed by atoms with Crippen LogP contribution in [0.5, 0.6) is 0 Å². The average molecular weight is 441 g/mol. The third-order valence-electron chi connectivity index (χ3n) is 3.85. The molecule has 1 amide bonds. The van der Waals surface area contributed by atoms with Crippen molar-refractivity contribution < 1.29 is 19.0 Å². The molecule has 5 nitrogen and oxygen atoms in total. The number of nitrogens with zero attached hydrogens (tertiary/aromatic N) is 1. The number of likely N-dealkylation sites (N-methyl/N-ethyl adjacent to an activating group) is 1. The number of alkyl halides is 1. The molecule has 1 rings (SSSR count). The first-order valence-electron chi connectivity index (χ1n) is 8.44. The highest BCUT2D eigenvalue weighted by molar-refractivity contribution is 14.1. The Morgan fingerprint density at radius 2 is 1.87 bits per heavy atom. The molecule has 0 N–H and O–H groups in total. The zero-order valence-electron chi connectivity index (χ0n) is 15.2. The monoisotopic (exact) mass is 441 g/mol. The Kier molecular flexibility index (Phi) is 8.58. The van der Waals surface area contributed by atoms with E-state index in [0.717, 1.165) is 37.1 Å². The maximum atomic E-state index is 12.3. The third-order valence-corrected chi connectivity index (χ3v) is 5.46. The number of amides is 1. The van der Waals surface area contributed by atoms with Gasteiger partial charge in [0.25, 0.3) is 0 Å². The molecule has 0 saturated carbocycles. The molecule has 0 aromatic rings. The highest BCUT2D eigenvalue weighted by Crippen LogP contribution is 2.22. The van der Waals surface area contributed by atoms with Crippen LogP contribution >= 0.6 is 22.6 Å². The van der Waals surface area contributed by atoms with Gasteiger partial charge in [-0.05, 0) is 53.4 Å². The number of ether oxygens (including phenoxy) is 3. The van der Waals surface area contributed by atoms with Gasteiger partial charge in [0.05, 0.1) is 18.8 Å². The van der Waals surface area contributed by atoms with Crippen molar-refractivity contribution in [3.8, 4) is 0 Å². The molecular formula is C17H32INO4. The number of halogens is 1. The largest absolute Gasteiger partial charge is 0.444 e. The van der Waals surface area contributed by atoms with Gasteiger partial charge in [0.2, 0.25) is 0 Å². The molecule has 1 heterocycles. The summed E-state index contributed by atoms with van der Waals surface area (Å²) in [5.74, 6) is 0.558. The zero-order valence-corrected chi connectivity index (χ0v) is 17.3. The minimum atomic E-state index is -0.478. The summed E-state index contributed by atoms with van der Waals surface area (Å²) in [5, 5.41) is 0. The van der Waals surface area contributed by atoms with E-state index in [2.05, 4.69) is 29.5 Å². The lowest BCUT2D eigenvalue weighted by molar-refractivity contribution is -0.0672. The molecule has 1 saturated heterocycles. The van der Waals surface area contributed by atoms with Gasteiger partial charge in [0.15, 0.2) is 0 Å². The van der Waals surface area contributed by atoms with Crippen molar-refractivity contribution in [2.24, 2.45) is 5.92 Å². The Labute approximate surface area is 154 Å². The van der Waals surface area contributed by atoms with Crippen molar-refractivity contribution in [1.82, 2.24) is 4.90 Å². The second-order valence-electron chi connectivity index (χ2n) is 7.44. The number of carbonyl (C=O) groups excluding carboxylic acids is 1. The summed E-state index contributed by atoms with van der Waals surface area (Å²) in [6.45, 7) is 13.2. The lowest BCUT2D eigenvalue weighted by atomic mass is 10.0. The molecule has 136 valence electrons. The van der Waals surface area contributed by atoms with E-state index in [1.54, 1.807) is 4.90 Å². The summed E-state index contributed by atoms with van der Waals surface area (Å²) in [5.41, 5.74) is -0.833. The Bertz CT molecular complexity index is 366. The molecule has 1 aliphatic heterocycles. The molecule has 0 aromatic heterocycles. The van der Waals surface area contributed by atoms with Gasteiger partial charge in [-0.2, -0.15) is 0 Å². The first-order valence-corrected chi connectivity index (χ1v) is 9.97. The molecule has 1 unspecified atom stereocenters. The van der Waals surface area contributed by atoms with E-state index in [9.17, 15) is 4.79 Å². The molecule has 0 aliphatic carbocycles. The lowest BCUT2D eigenvalue weighted by Gasteiger charge is -2.36. The summed E-state index contributed by atoms with van der Waals surface area (Å²) in [4.78, 5) is 14.0. The Hall–Kier alpha value is -0.0800. The second kappa shape index (κ2) is 9.42. The van der Waals surface area contributed by atoms with Gasteiger partial charge in [-0.1, -0.05) is 22.6 Å². The van der Waals surface area contributed by atoms with Crippen LogP contribution in [0.25, 0.3) is 0 Å². The van der Waals surface area contributed by atoms with Crippen molar-refractivity contribution in [3.05, 3.63) is 0 Å². The molecule has 0 bridgehead atoms. The summed E-state index contributed by atoms with van der Waals surface area (Å²) >= 11 is 2.33. The molecule has 1 aliphatic rings. The summed E-state index contributed by atoms with van der Waals surface area (Å²) in [7, 11) is 0. The van der Waals surface area contributed by atoms with E-state index >= 15 is 0 Å². The fourth-order valence-electron chi connectivity index (χ4n) is 2.39. The first-order chi connectivity index (χ1) is 10.7. The molecule has 23 heavy (non-hydrogen) atoms. The quantitative estimate of drug-likeness (QED) is 0.445. The topological polar surface area (TPSA) is 48.0 Å². The van der Waals surface area contributed by atoms with Crippen molar-refractivity contribution in [2.75, 3.05) is 37.3 Å². The van der Waals surface area contributed by atoms with Crippen LogP contribution in [0.1, 0.15) is 47.5 Å². The number of hydrogen-bond donors (Lipinski definition) is 0. The Morgan fingerprint density at radius 1 is 1.26 bits per heavy atom. The Morgan fingerprint density at radius 3 is 2.35 bits per heavy atom. The van der Waals surface area contributed by atoms with Gasteiger partial charge in [0.1, 0.15) is 5.60 Å². The lowest BCUT2D eigenvalue weighted by Crippen LogP contribution is -2.48. The predicted octanol–water partition coefficient (Wildman–Crippen LogP) is 3.88. The fourth-order valence-corrected chi connectivity index (χ4v) is 2.86. The molecule has 0 radical (unpaired) electrons. The molecule has 0 spiro atoms. The van der Waals surface area contributed by atoms with E-state index in [1.807, 2.05) is 27.7 Å². The summed E-state index contributed by atoms with van der Waals surface area (Å²) in [6, 6.07) is 0. The SMILES string of the molecule is CCN(CC(C)(CI)OCC1CCOCC1)C(=O)OC(C)(C)C. The average Bonchev–Trinajstić information content (AvgIpc) is 2.50. The summed E-state index contributed by atoms with van der Waals surface area (Å²) in [6.07, 6.45) is 1.84. The van der Waals surface area contributed by atoms with Gasteiger partial charge >= 0.3 is 6.09 Å². The number of hydrogen-bond acceptors (Lipinski definition) is 4. The van der Waals surface area contributed by atoms with Crippen LogP contribution in [0.15, 0.2) is 0 Å². The smallest absolute Gasteiger partial charge is 0.410 e. The molecule has 0 aromatic carbocycles. The minimum Gasteiger partial charge on any atom is -0.444 e. The standard InChI is InChI=1S/C17H32INO4/c1-6-19(15(20)23-16(2,3)4)13-17(5,12-18)22-11-14-7-9-21-10-8-14/h14H,6-13H2,1-5H3. The predicted molar refractivity (Wildman–Crippen MR) is 100 cm³/mol. The molecule has 1 fully saturated rings. The molecular weight excluding hydrogens is 409 g/mol. The highest BCUT2D eigenvalue weighted by Gasteiger charge is 2.32. The van der Waals surface area contributed by atoms with Gasteiger partial charge in [-0.3, -0.25) is 0 Å². The maximum absolute atomic E-state index is 12.3. The van der Waals surface area contributed by atoms with Crippen LogP contribution in [-0.4, -0.2) is 59.5 Å². The van der Waals surface area contributed by atoms with Crippen LogP contribution in [0.4, 0.5) is 4.79 Å². The van der Waals surface area contributed by atoms with Crippen molar-refractivity contribution >= 4 is 28.7 Å². The van der Waals surface area contributed by atoms with Crippen molar-refractivity contribution in [1.29, 1.82) is 0 Å². The third kappa shape index (κ3) is 8.03. The highest BCUT2D eigenvalue weighted by atomic mass is 127. The van der Waals surface area contributed by atoms with E-state index in [1.165, 1.54) is 0 Å². The van der Waals surface area contributed by atoms with E-state index in [-0.39, 0.29) is 11.7 Å². The van der Waals surface area contributed by atoms with E-state index in [0.29, 0.717) is 19.0 Å². The van der Waals surface area contributed by atoms with Crippen LogP contribution in [-0.2, 0) is 14.2 Å². The van der Waals surface area contributed by atoms with Gasteiger partial charge in [0, 0.05) is 24.2 Å². The zero-order chi connectivity index (χ0) is 17.5. The second-order valence-corrected chi connectivity index (χ2v) is 8.21. The number of rotatable bonds is 7. The van der Waals surface area contributed by atoms with Gasteiger partial charge in [-0.15, -0.1) is 0 Å². The molecule has 1 atom stereocenters. The van der Waals surface area contributed by atoms with Gasteiger partial charge < -0.3 is 19.1 Å². The maximum Gasteiger partial charge on any atom is 0.410 e.